The molecule has 1 rings (SSSR count). The fraction of sp³-hybridized carbons (Fsp3) is 0.769. The molecule has 114 valence electrons. The van der Waals surface area contributed by atoms with E-state index in [-0.39, 0.29) is 18.0 Å². The molecule has 1 unspecified atom stereocenters. The van der Waals surface area contributed by atoms with Gasteiger partial charge in [0.15, 0.2) is 0 Å². The Morgan fingerprint density at radius 2 is 1.90 bits per heavy atom. The van der Waals surface area contributed by atoms with Crippen LogP contribution >= 0.6 is 0 Å². The monoisotopic (exact) mass is 285 g/mol. The minimum atomic E-state index is -0.989. The number of nitrogens with one attached hydrogen (secondary N) is 1. The summed E-state index contributed by atoms with van der Waals surface area (Å²) < 4.78 is 0. The number of carboxylic acids is 1. The predicted octanol–water partition coefficient (Wildman–Crippen LogP) is 0.502. The summed E-state index contributed by atoms with van der Waals surface area (Å²) in [7, 11) is 1.52. The lowest BCUT2D eigenvalue weighted by Crippen LogP contribution is -2.53. The molecule has 0 aromatic rings. The Balaban J connectivity index is 2.53. The molecule has 0 radical (unpaired) electrons. The van der Waals surface area contributed by atoms with Crippen LogP contribution in [0.1, 0.15) is 33.1 Å². The largest absolute Gasteiger partial charge is 0.480 e. The molecule has 1 heterocycles. The molecular weight excluding hydrogens is 262 g/mol. The van der Waals surface area contributed by atoms with E-state index in [4.69, 9.17) is 5.11 Å². The number of aliphatic carboxylic acids is 1. The first kappa shape index (κ1) is 16.3. The van der Waals surface area contributed by atoms with Crippen LogP contribution in [0.15, 0.2) is 0 Å². The number of piperidine rings is 1. The van der Waals surface area contributed by atoms with Gasteiger partial charge in [-0.2, -0.15) is 0 Å². The average Bonchev–Trinajstić information content (AvgIpc) is 2.38. The zero-order valence-electron chi connectivity index (χ0n) is 12.3. The molecule has 0 aromatic carbocycles. The van der Waals surface area contributed by atoms with E-state index in [0.29, 0.717) is 32.4 Å². The van der Waals surface area contributed by atoms with Gasteiger partial charge in [-0.1, -0.05) is 6.92 Å². The van der Waals surface area contributed by atoms with Gasteiger partial charge in [0.25, 0.3) is 0 Å². The molecule has 0 bridgehead atoms. The highest BCUT2D eigenvalue weighted by atomic mass is 16.4. The number of carboxylic acid groups (broad SMARTS) is 1. The molecule has 0 spiro atoms. The summed E-state index contributed by atoms with van der Waals surface area (Å²) in [4.78, 5) is 37.2. The van der Waals surface area contributed by atoms with Crippen molar-refractivity contribution in [1.82, 2.24) is 15.1 Å². The van der Waals surface area contributed by atoms with Crippen molar-refractivity contribution in [3.63, 3.8) is 0 Å². The van der Waals surface area contributed by atoms with Crippen molar-refractivity contribution in [2.75, 3.05) is 20.1 Å². The number of nitrogens with zero attached hydrogens (tertiary/aromatic N) is 2. The fourth-order valence-corrected chi connectivity index (χ4v) is 2.47. The average molecular weight is 285 g/mol. The summed E-state index contributed by atoms with van der Waals surface area (Å²) in [5.41, 5.74) is 0. The van der Waals surface area contributed by atoms with Gasteiger partial charge in [0.2, 0.25) is 5.91 Å². The second kappa shape index (κ2) is 7.12. The molecule has 0 aromatic heterocycles. The normalized spacial score (nSPS) is 17.4. The molecule has 7 nitrogen and oxygen atoms in total. The van der Waals surface area contributed by atoms with Crippen LogP contribution < -0.4 is 5.32 Å². The van der Waals surface area contributed by atoms with Crippen molar-refractivity contribution in [2.24, 2.45) is 0 Å². The third-order valence-corrected chi connectivity index (χ3v) is 3.61. The van der Waals surface area contributed by atoms with Crippen LogP contribution in [0, 0.1) is 0 Å². The van der Waals surface area contributed by atoms with Gasteiger partial charge >= 0.3 is 12.0 Å². The topological polar surface area (TPSA) is 89.9 Å². The van der Waals surface area contributed by atoms with E-state index in [1.807, 2.05) is 0 Å². The van der Waals surface area contributed by atoms with Crippen molar-refractivity contribution in [1.29, 1.82) is 0 Å². The second-order valence-electron chi connectivity index (χ2n) is 5.12. The number of carbonyl (C=O) groups excluding carboxylic acids is 2. The molecular formula is C13H23N3O4. The molecule has 2 N–H and O–H groups in total. The quantitative estimate of drug-likeness (QED) is 0.787. The van der Waals surface area contributed by atoms with Crippen LogP contribution in [-0.4, -0.2) is 65.0 Å². The van der Waals surface area contributed by atoms with Gasteiger partial charge < -0.3 is 20.2 Å². The Morgan fingerprint density at radius 3 is 2.30 bits per heavy atom. The third kappa shape index (κ3) is 4.11. The first-order chi connectivity index (χ1) is 9.36. The highest BCUT2D eigenvalue weighted by Crippen LogP contribution is 2.14. The Kier molecular flexibility index (Phi) is 5.79. The molecule has 1 aliphatic rings. The van der Waals surface area contributed by atoms with Gasteiger partial charge in [-0.3, -0.25) is 4.79 Å². The molecule has 7 heteroatoms. The molecule has 3 amide bonds. The Labute approximate surface area is 118 Å². The van der Waals surface area contributed by atoms with Crippen LogP contribution in [0.25, 0.3) is 0 Å². The van der Waals surface area contributed by atoms with Gasteiger partial charge in [-0.05, 0) is 19.3 Å². The molecule has 20 heavy (non-hydrogen) atoms. The van der Waals surface area contributed by atoms with Gasteiger partial charge in [0.1, 0.15) is 6.04 Å². The maximum absolute atomic E-state index is 12.2. The zero-order valence-corrected chi connectivity index (χ0v) is 12.3. The summed E-state index contributed by atoms with van der Waals surface area (Å²) in [6.45, 7) is 4.28. The van der Waals surface area contributed by atoms with Crippen LogP contribution in [0.4, 0.5) is 4.79 Å². The number of amides is 3. The first-order valence-electron chi connectivity index (χ1n) is 6.88. The van der Waals surface area contributed by atoms with Crippen LogP contribution in [0.2, 0.25) is 0 Å². The number of likely N-dealkylation sites (tertiary alicyclic amines) is 1. The van der Waals surface area contributed by atoms with E-state index >= 15 is 0 Å². The molecule has 0 aliphatic carbocycles. The predicted molar refractivity (Wildman–Crippen MR) is 73.3 cm³/mol. The zero-order chi connectivity index (χ0) is 15.3. The number of rotatable bonds is 4. The maximum atomic E-state index is 12.2. The van der Waals surface area contributed by atoms with Crippen molar-refractivity contribution in [2.45, 2.75) is 45.2 Å². The van der Waals surface area contributed by atoms with E-state index in [1.54, 1.807) is 11.8 Å². The Hall–Kier alpha value is -1.79. The lowest BCUT2D eigenvalue weighted by Gasteiger charge is -2.36. The summed E-state index contributed by atoms with van der Waals surface area (Å²) in [6, 6.07) is -0.959. The number of likely N-dealkylation sites (N-methyl/N-ethyl adjacent to an activating group) is 1. The number of carbonyl (C=O) groups is 3. The molecule has 0 saturated carbocycles. The number of hydrogen-bond acceptors (Lipinski definition) is 3. The standard InChI is InChI=1S/C13H23N3O4/c1-4-11(12(18)19)15(3)13(20)16-7-5-10(6-8-16)14-9(2)17/h10-11H,4-8H2,1-3H3,(H,14,17)(H,18,19). The van der Waals surface area contributed by atoms with Gasteiger partial charge in [0, 0.05) is 33.1 Å². The fourth-order valence-electron chi connectivity index (χ4n) is 2.47. The summed E-state index contributed by atoms with van der Waals surface area (Å²) >= 11 is 0. The van der Waals surface area contributed by atoms with Crippen molar-refractivity contribution >= 4 is 17.9 Å². The van der Waals surface area contributed by atoms with E-state index in [0.717, 1.165) is 0 Å². The van der Waals surface area contributed by atoms with E-state index in [1.165, 1.54) is 18.9 Å². The lowest BCUT2D eigenvalue weighted by atomic mass is 10.1. The van der Waals surface area contributed by atoms with Crippen LogP contribution in [-0.2, 0) is 9.59 Å². The van der Waals surface area contributed by atoms with E-state index in [9.17, 15) is 14.4 Å². The minimum absolute atomic E-state index is 0.0659. The van der Waals surface area contributed by atoms with Crippen molar-refractivity contribution < 1.29 is 19.5 Å². The third-order valence-electron chi connectivity index (χ3n) is 3.61. The lowest BCUT2D eigenvalue weighted by molar-refractivity contribution is -0.142. The van der Waals surface area contributed by atoms with Crippen LogP contribution in [0.3, 0.4) is 0 Å². The Bertz CT molecular complexity index is 378. The summed E-state index contributed by atoms with van der Waals surface area (Å²) in [5.74, 6) is -1.06. The summed E-state index contributed by atoms with van der Waals surface area (Å²) in [5, 5.41) is 11.9. The highest BCUT2D eigenvalue weighted by molar-refractivity contribution is 5.82. The maximum Gasteiger partial charge on any atom is 0.326 e. The van der Waals surface area contributed by atoms with Gasteiger partial charge in [-0.15, -0.1) is 0 Å². The van der Waals surface area contributed by atoms with E-state index in [2.05, 4.69) is 5.32 Å². The molecule has 1 saturated heterocycles. The smallest absolute Gasteiger partial charge is 0.326 e. The van der Waals surface area contributed by atoms with Crippen molar-refractivity contribution in [3.05, 3.63) is 0 Å². The SMILES string of the molecule is CCC(C(=O)O)N(C)C(=O)N1CCC(NC(C)=O)CC1. The summed E-state index contributed by atoms with van der Waals surface area (Å²) in [6.07, 6.45) is 1.77. The second-order valence-corrected chi connectivity index (χ2v) is 5.12. The number of urea groups is 1. The number of hydrogen-bond donors (Lipinski definition) is 2. The van der Waals surface area contributed by atoms with Gasteiger partial charge in [0.05, 0.1) is 0 Å². The highest BCUT2D eigenvalue weighted by Gasteiger charge is 2.30. The molecule has 1 atom stereocenters. The Morgan fingerprint density at radius 1 is 1.35 bits per heavy atom. The molecule has 1 fully saturated rings. The molecule has 1 aliphatic heterocycles. The first-order valence-corrected chi connectivity index (χ1v) is 6.88. The van der Waals surface area contributed by atoms with Crippen molar-refractivity contribution in [3.8, 4) is 0 Å². The van der Waals surface area contributed by atoms with E-state index < -0.39 is 12.0 Å². The van der Waals surface area contributed by atoms with Gasteiger partial charge in [-0.25, -0.2) is 9.59 Å². The van der Waals surface area contributed by atoms with Crippen LogP contribution in [0.5, 0.6) is 0 Å². The minimum Gasteiger partial charge on any atom is -0.480 e.